The SMILES string of the molecule is CC(=O)Oc1ccc(OC(=O)OCc2ccccc2)cc1. The van der Waals surface area contributed by atoms with Crippen LogP contribution in [0.2, 0.25) is 0 Å². The molecule has 5 heteroatoms. The Balaban J connectivity index is 1.83. The van der Waals surface area contributed by atoms with Gasteiger partial charge in [0.05, 0.1) is 0 Å². The maximum Gasteiger partial charge on any atom is 0.514 e. The molecule has 0 amide bonds. The van der Waals surface area contributed by atoms with Crippen LogP contribution >= 0.6 is 0 Å². The number of rotatable bonds is 4. The fourth-order valence-corrected chi connectivity index (χ4v) is 1.58. The van der Waals surface area contributed by atoms with Crippen molar-refractivity contribution in [2.24, 2.45) is 0 Å². The van der Waals surface area contributed by atoms with E-state index in [1.807, 2.05) is 30.3 Å². The molecule has 21 heavy (non-hydrogen) atoms. The Bertz CT molecular complexity index is 604. The summed E-state index contributed by atoms with van der Waals surface area (Å²) in [4.78, 5) is 22.3. The van der Waals surface area contributed by atoms with Crippen LogP contribution in [0.5, 0.6) is 11.5 Å². The first-order valence-electron chi connectivity index (χ1n) is 6.30. The molecule has 0 radical (unpaired) electrons. The smallest absolute Gasteiger partial charge is 0.429 e. The van der Waals surface area contributed by atoms with E-state index in [1.54, 1.807) is 0 Å². The van der Waals surface area contributed by atoms with Crippen LogP contribution < -0.4 is 9.47 Å². The van der Waals surface area contributed by atoms with Gasteiger partial charge in [-0.15, -0.1) is 0 Å². The normalized spacial score (nSPS) is 9.76. The summed E-state index contributed by atoms with van der Waals surface area (Å²) in [7, 11) is 0. The van der Waals surface area contributed by atoms with Crippen molar-refractivity contribution in [3.05, 3.63) is 60.2 Å². The number of hydrogen-bond acceptors (Lipinski definition) is 5. The molecule has 0 fully saturated rings. The van der Waals surface area contributed by atoms with E-state index in [2.05, 4.69) is 0 Å². The summed E-state index contributed by atoms with van der Waals surface area (Å²) >= 11 is 0. The topological polar surface area (TPSA) is 61.8 Å². The van der Waals surface area contributed by atoms with Crippen LogP contribution in [-0.4, -0.2) is 12.1 Å². The van der Waals surface area contributed by atoms with Gasteiger partial charge >= 0.3 is 12.1 Å². The second-order valence-corrected chi connectivity index (χ2v) is 4.19. The molecule has 0 saturated carbocycles. The number of carbonyl (C=O) groups is 2. The maximum absolute atomic E-state index is 11.5. The Morgan fingerprint density at radius 2 is 1.43 bits per heavy atom. The highest BCUT2D eigenvalue weighted by Gasteiger charge is 2.07. The minimum absolute atomic E-state index is 0.144. The Hall–Kier alpha value is -2.82. The first kappa shape index (κ1) is 14.6. The summed E-state index contributed by atoms with van der Waals surface area (Å²) < 4.78 is 14.8. The summed E-state index contributed by atoms with van der Waals surface area (Å²) in [5.41, 5.74) is 0.875. The predicted octanol–water partition coefficient (Wildman–Crippen LogP) is 3.33. The number of ether oxygens (including phenoxy) is 3. The second kappa shape index (κ2) is 7.09. The molecule has 5 nitrogen and oxygen atoms in total. The third-order valence-electron chi connectivity index (χ3n) is 2.49. The first-order chi connectivity index (χ1) is 10.1. The lowest BCUT2D eigenvalue weighted by Crippen LogP contribution is -2.10. The number of esters is 1. The second-order valence-electron chi connectivity index (χ2n) is 4.19. The molecule has 0 atom stereocenters. The third kappa shape index (κ3) is 4.99. The molecule has 0 aromatic heterocycles. The molecule has 0 heterocycles. The van der Waals surface area contributed by atoms with Gasteiger partial charge in [-0.2, -0.15) is 0 Å². The fourth-order valence-electron chi connectivity index (χ4n) is 1.58. The van der Waals surface area contributed by atoms with Crippen LogP contribution in [0.25, 0.3) is 0 Å². The largest absolute Gasteiger partial charge is 0.514 e. The molecular formula is C16H14O5. The van der Waals surface area contributed by atoms with Gasteiger partial charge in [0.25, 0.3) is 0 Å². The molecule has 0 bridgehead atoms. The minimum Gasteiger partial charge on any atom is -0.429 e. The van der Waals surface area contributed by atoms with Gasteiger partial charge in [0.1, 0.15) is 18.1 Å². The molecule has 0 spiro atoms. The molecule has 2 aromatic carbocycles. The highest BCUT2D eigenvalue weighted by molar-refractivity contribution is 5.69. The lowest BCUT2D eigenvalue weighted by atomic mass is 10.2. The fraction of sp³-hybridized carbons (Fsp3) is 0.125. The number of carbonyl (C=O) groups excluding carboxylic acids is 2. The van der Waals surface area contributed by atoms with Crippen molar-refractivity contribution < 1.29 is 23.8 Å². The monoisotopic (exact) mass is 286 g/mol. The Morgan fingerprint density at radius 3 is 2.00 bits per heavy atom. The molecule has 2 rings (SSSR count). The van der Waals surface area contributed by atoms with E-state index in [1.165, 1.54) is 31.2 Å². The van der Waals surface area contributed by atoms with Gasteiger partial charge in [0.15, 0.2) is 0 Å². The van der Waals surface area contributed by atoms with Gasteiger partial charge in [-0.25, -0.2) is 4.79 Å². The average Bonchev–Trinajstić information content (AvgIpc) is 2.48. The van der Waals surface area contributed by atoms with E-state index >= 15 is 0 Å². The zero-order valence-electron chi connectivity index (χ0n) is 11.4. The molecule has 0 aliphatic carbocycles. The molecule has 0 saturated heterocycles. The van der Waals surface area contributed by atoms with Crippen molar-refractivity contribution in [3.63, 3.8) is 0 Å². The van der Waals surface area contributed by atoms with Gasteiger partial charge < -0.3 is 14.2 Å². The molecule has 0 unspecified atom stereocenters. The van der Waals surface area contributed by atoms with Gasteiger partial charge in [-0.1, -0.05) is 30.3 Å². The zero-order valence-corrected chi connectivity index (χ0v) is 11.4. The Labute approximate surface area is 122 Å². The highest BCUT2D eigenvalue weighted by Crippen LogP contribution is 2.18. The number of benzene rings is 2. The molecule has 0 N–H and O–H groups in total. The lowest BCUT2D eigenvalue weighted by molar-refractivity contribution is -0.131. The maximum atomic E-state index is 11.5. The van der Waals surface area contributed by atoms with E-state index in [4.69, 9.17) is 14.2 Å². The van der Waals surface area contributed by atoms with Gasteiger partial charge in [0, 0.05) is 6.92 Å². The van der Waals surface area contributed by atoms with Crippen LogP contribution in [0.15, 0.2) is 54.6 Å². The van der Waals surface area contributed by atoms with Crippen molar-refractivity contribution in [2.45, 2.75) is 13.5 Å². The summed E-state index contributed by atoms with van der Waals surface area (Å²) in [6.07, 6.45) is -0.793. The predicted molar refractivity (Wildman–Crippen MR) is 75.0 cm³/mol. The van der Waals surface area contributed by atoms with E-state index in [-0.39, 0.29) is 6.61 Å². The Morgan fingerprint density at radius 1 is 0.857 bits per heavy atom. The first-order valence-corrected chi connectivity index (χ1v) is 6.30. The van der Waals surface area contributed by atoms with E-state index in [0.29, 0.717) is 11.5 Å². The average molecular weight is 286 g/mol. The molecule has 0 aliphatic heterocycles. The van der Waals surface area contributed by atoms with Crippen LogP contribution in [-0.2, 0) is 16.1 Å². The van der Waals surface area contributed by atoms with Gasteiger partial charge in [0.2, 0.25) is 0 Å². The summed E-state index contributed by atoms with van der Waals surface area (Å²) in [5, 5.41) is 0. The Kier molecular flexibility index (Phi) is 4.93. The molecule has 2 aromatic rings. The zero-order chi connectivity index (χ0) is 15.1. The van der Waals surface area contributed by atoms with Gasteiger partial charge in [-0.3, -0.25) is 4.79 Å². The quantitative estimate of drug-likeness (QED) is 0.490. The molecular weight excluding hydrogens is 272 g/mol. The summed E-state index contributed by atoms with van der Waals surface area (Å²) in [5.74, 6) is 0.280. The highest BCUT2D eigenvalue weighted by atomic mass is 16.7. The van der Waals surface area contributed by atoms with Crippen molar-refractivity contribution in [3.8, 4) is 11.5 Å². The van der Waals surface area contributed by atoms with Crippen molar-refractivity contribution in [1.29, 1.82) is 0 Å². The van der Waals surface area contributed by atoms with Crippen LogP contribution in [0.4, 0.5) is 4.79 Å². The third-order valence-corrected chi connectivity index (χ3v) is 2.49. The van der Waals surface area contributed by atoms with E-state index in [9.17, 15) is 9.59 Å². The van der Waals surface area contributed by atoms with Crippen molar-refractivity contribution in [2.75, 3.05) is 0 Å². The minimum atomic E-state index is -0.793. The molecule has 0 aliphatic rings. The van der Waals surface area contributed by atoms with Crippen LogP contribution in [0.1, 0.15) is 12.5 Å². The molecule has 108 valence electrons. The van der Waals surface area contributed by atoms with Crippen molar-refractivity contribution >= 4 is 12.1 Å². The van der Waals surface area contributed by atoms with Crippen LogP contribution in [0, 0.1) is 0 Å². The number of hydrogen-bond donors (Lipinski definition) is 0. The van der Waals surface area contributed by atoms with Gasteiger partial charge in [-0.05, 0) is 29.8 Å². The van der Waals surface area contributed by atoms with E-state index in [0.717, 1.165) is 5.56 Å². The van der Waals surface area contributed by atoms with Crippen LogP contribution in [0.3, 0.4) is 0 Å². The summed E-state index contributed by atoms with van der Waals surface area (Å²) in [6, 6.07) is 15.4. The van der Waals surface area contributed by atoms with E-state index < -0.39 is 12.1 Å². The lowest BCUT2D eigenvalue weighted by Gasteiger charge is -2.06. The standard InChI is InChI=1S/C16H14O5/c1-12(17)20-14-7-9-15(10-8-14)21-16(18)19-11-13-5-3-2-4-6-13/h2-10H,11H2,1H3. The summed E-state index contributed by atoms with van der Waals surface area (Å²) in [6.45, 7) is 1.45. The van der Waals surface area contributed by atoms with Crippen molar-refractivity contribution in [1.82, 2.24) is 0 Å².